The minimum Gasteiger partial charge on any atom is -0.330 e. The van der Waals surface area contributed by atoms with E-state index in [1.165, 1.54) is 6.07 Å². The highest BCUT2D eigenvalue weighted by Gasteiger charge is 2.26. The summed E-state index contributed by atoms with van der Waals surface area (Å²) < 4.78 is 13.7. The van der Waals surface area contributed by atoms with Gasteiger partial charge in [0.05, 0.1) is 4.47 Å². The Morgan fingerprint density at radius 3 is 2.65 bits per heavy atom. The molecule has 0 atom stereocenters. The number of aryl methyl sites for hydroxylation is 1. The van der Waals surface area contributed by atoms with Crippen molar-refractivity contribution in [2.24, 2.45) is 17.6 Å². The zero-order chi connectivity index (χ0) is 14.7. The van der Waals surface area contributed by atoms with Crippen LogP contribution in [0.5, 0.6) is 0 Å². The minimum atomic E-state index is -0.316. The van der Waals surface area contributed by atoms with Crippen molar-refractivity contribution in [3.63, 3.8) is 0 Å². The number of rotatable bonds is 3. The van der Waals surface area contributed by atoms with Crippen LogP contribution < -0.4 is 11.1 Å². The molecule has 5 heteroatoms. The number of anilines is 1. The van der Waals surface area contributed by atoms with Crippen LogP contribution in [0.1, 0.15) is 31.2 Å². The summed E-state index contributed by atoms with van der Waals surface area (Å²) in [6.07, 6.45) is 3.80. The Bertz CT molecular complexity index is 499. The third-order valence-electron chi connectivity index (χ3n) is 4.08. The third kappa shape index (κ3) is 3.58. The lowest BCUT2D eigenvalue weighted by Gasteiger charge is -2.27. The normalized spacial score (nSPS) is 22.6. The van der Waals surface area contributed by atoms with E-state index in [1.54, 1.807) is 13.0 Å². The molecule has 110 valence electrons. The van der Waals surface area contributed by atoms with E-state index >= 15 is 0 Å². The van der Waals surface area contributed by atoms with Gasteiger partial charge in [0, 0.05) is 11.6 Å². The van der Waals surface area contributed by atoms with Crippen LogP contribution in [0.15, 0.2) is 16.6 Å². The average molecular weight is 343 g/mol. The van der Waals surface area contributed by atoms with Crippen molar-refractivity contribution >= 4 is 27.5 Å². The van der Waals surface area contributed by atoms with Crippen molar-refractivity contribution < 1.29 is 9.18 Å². The van der Waals surface area contributed by atoms with Gasteiger partial charge in [0.1, 0.15) is 5.82 Å². The summed E-state index contributed by atoms with van der Waals surface area (Å²) in [5.74, 6) is 0.313. The number of hydrogen-bond donors (Lipinski definition) is 2. The number of amides is 1. The molecule has 1 amide bonds. The summed E-state index contributed by atoms with van der Waals surface area (Å²) in [5, 5.41) is 2.91. The fraction of sp³-hybridized carbons (Fsp3) is 0.533. The first-order valence-electron chi connectivity index (χ1n) is 6.97. The monoisotopic (exact) mass is 342 g/mol. The molecule has 0 heterocycles. The Hall–Kier alpha value is -0.940. The average Bonchev–Trinajstić information content (AvgIpc) is 2.44. The van der Waals surface area contributed by atoms with Crippen LogP contribution in [0.2, 0.25) is 0 Å². The van der Waals surface area contributed by atoms with Crippen LogP contribution in [-0.2, 0) is 4.79 Å². The van der Waals surface area contributed by atoms with Crippen LogP contribution in [0.4, 0.5) is 10.1 Å². The van der Waals surface area contributed by atoms with E-state index in [2.05, 4.69) is 21.2 Å². The highest BCUT2D eigenvalue weighted by molar-refractivity contribution is 9.10. The number of nitrogens with two attached hydrogens (primary N) is 1. The molecule has 2 rings (SSSR count). The van der Waals surface area contributed by atoms with Crippen molar-refractivity contribution in [2.75, 3.05) is 11.9 Å². The van der Waals surface area contributed by atoms with Crippen LogP contribution in [0, 0.1) is 24.6 Å². The second-order valence-electron chi connectivity index (χ2n) is 5.52. The van der Waals surface area contributed by atoms with E-state index in [-0.39, 0.29) is 17.6 Å². The Kier molecular flexibility index (Phi) is 5.16. The van der Waals surface area contributed by atoms with E-state index in [1.807, 2.05) is 0 Å². The first-order chi connectivity index (χ1) is 9.51. The lowest BCUT2D eigenvalue weighted by atomic mass is 9.81. The first kappa shape index (κ1) is 15.4. The molecule has 1 fully saturated rings. The summed E-state index contributed by atoms with van der Waals surface area (Å²) in [4.78, 5) is 12.3. The molecule has 0 saturated heterocycles. The van der Waals surface area contributed by atoms with E-state index in [0.29, 0.717) is 22.6 Å². The van der Waals surface area contributed by atoms with E-state index in [0.717, 1.165) is 31.2 Å². The van der Waals surface area contributed by atoms with Gasteiger partial charge in [-0.25, -0.2) is 4.39 Å². The Morgan fingerprint density at radius 1 is 1.40 bits per heavy atom. The zero-order valence-corrected chi connectivity index (χ0v) is 13.2. The van der Waals surface area contributed by atoms with E-state index < -0.39 is 0 Å². The van der Waals surface area contributed by atoms with Crippen LogP contribution in [0.3, 0.4) is 0 Å². The molecule has 0 bridgehead atoms. The largest absolute Gasteiger partial charge is 0.330 e. The molecule has 0 aliphatic heterocycles. The molecule has 1 aliphatic carbocycles. The summed E-state index contributed by atoms with van der Waals surface area (Å²) >= 11 is 3.14. The molecule has 0 radical (unpaired) electrons. The van der Waals surface area contributed by atoms with E-state index in [9.17, 15) is 9.18 Å². The van der Waals surface area contributed by atoms with Gasteiger partial charge in [-0.1, -0.05) is 0 Å². The fourth-order valence-corrected chi connectivity index (χ4v) is 3.02. The number of nitrogens with one attached hydrogen (secondary N) is 1. The van der Waals surface area contributed by atoms with E-state index in [4.69, 9.17) is 5.73 Å². The maximum Gasteiger partial charge on any atom is 0.227 e. The van der Waals surface area contributed by atoms with Gasteiger partial charge in [-0.15, -0.1) is 0 Å². The van der Waals surface area contributed by atoms with Gasteiger partial charge in [0.15, 0.2) is 0 Å². The Morgan fingerprint density at radius 2 is 2.05 bits per heavy atom. The topological polar surface area (TPSA) is 55.1 Å². The molecule has 1 aromatic rings. The van der Waals surface area contributed by atoms with Crippen molar-refractivity contribution in [1.82, 2.24) is 0 Å². The van der Waals surface area contributed by atoms with Crippen LogP contribution in [0.25, 0.3) is 0 Å². The number of benzene rings is 1. The molecule has 1 aliphatic rings. The standard InChI is InChI=1S/C15H20BrFN2O/c1-9-6-13(17)12(16)7-14(9)19-15(20)11-4-2-10(8-18)3-5-11/h6-7,10-11H,2-5,8,18H2,1H3,(H,19,20). The number of halogens is 2. The second-order valence-corrected chi connectivity index (χ2v) is 6.38. The molecular formula is C15H20BrFN2O. The summed E-state index contributed by atoms with van der Waals surface area (Å²) in [5.41, 5.74) is 7.06. The SMILES string of the molecule is Cc1cc(F)c(Br)cc1NC(=O)C1CCC(CN)CC1. The zero-order valence-electron chi connectivity index (χ0n) is 11.6. The lowest BCUT2D eigenvalue weighted by Crippen LogP contribution is -2.29. The minimum absolute atomic E-state index is 0.0297. The molecule has 20 heavy (non-hydrogen) atoms. The molecule has 3 nitrogen and oxygen atoms in total. The van der Waals surface area contributed by atoms with Gasteiger partial charge in [0.2, 0.25) is 5.91 Å². The quantitative estimate of drug-likeness (QED) is 0.881. The smallest absolute Gasteiger partial charge is 0.227 e. The summed E-state index contributed by atoms with van der Waals surface area (Å²) in [6, 6.07) is 3.04. The van der Waals surface area contributed by atoms with Crippen molar-refractivity contribution in [3.05, 3.63) is 28.0 Å². The second kappa shape index (κ2) is 6.68. The van der Waals surface area contributed by atoms with Gasteiger partial charge >= 0.3 is 0 Å². The van der Waals surface area contributed by atoms with Crippen molar-refractivity contribution in [1.29, 1.82) is 0 Å². The third-order valence-corrected chi connectivity index (χ3v) is 4.68. The lowest BCUT2D eigenvalue weighted by molar-refractivity contribution is -0.121. The molecule has 1 aromatic carbocycles. The van der Waals surface area contributed by atoms with Gasteiger partial charge in [-0.2, -0.15) is 0 Å². The predicted molar refractivity (Wildman–Crippen MR) is 82.0 cm³/mol. The van der Waals surface area contributed by atoms with Crippen LogP contribution in [-0.4, -0.2) is 12.5 Å². The number of carbonyl (C=O) groups is 1. The number of hydrogen-bond acceptors (Lipinski definition) is 2. The van der Waals surface area contributed by atoms with Gasteiger partial charge in [-0.3, -0.25) is 4.79 Å². The molecule has 0 aromatic heterocycles. The Balaban J connectivity index is 2.00. The molecule has 0 unspecified atom stereocenters. The summed E-state index contributed by atoms with van der Waals surface area (Å²) in [6.45, 7) is 2.49. The van der Waals surface area contributed by atoms with Crippen LogP contribution >= 0.6 is 15.9 Å². The maximum absolute atomic E-state index is 13.4. The predicted octanol–water partition coefficient (Wildman–Crippen LogP) is 3.60. The fourth-order valence-electron chi connectivity index (χ4n) is 2.68. The molecule has 3 N–H and O–H groups in total. The number of carbonyl (C=O) groups excluding carboxylic acids is 1. The van der Waals surface area contributed by atoms with Crippen molar-refractivity contribution in [3.8, 4) is 0 Å². The van der Waals surface area contributed by atoms with Gasteiger partial charge in [-0.05, 0) is 78.7 Å². The van der Waals surface area contributed by atoms with Gasteiger partial charge in [0.25, 0.3) is 0 Å². The molecule has 0 spiro atoms. The highest BCUT2D eigenvalue weighted by atomic mass is 79.9. The van der Waals surface area contributed by atoms with Crippen molar-refractivity contribution in [2.45, 2.75) is 32.6 Å². The Labute approximate surface area is 127 Å². The first-order valence-corrected chi connectivity index (χ1v) is 7.77. The molecule has 1 saturated carbocycles. The molecular weight excluding hydrogens is 323 g/mol. The van der Waals surface area contributed by atoms with Gasteiger partial charge < -0.3 is 11.1 Å². The summed E-state index contributed by atoms with van der Waals surface area (Å²) in [7, 11) is 0. The highest BCUT2D eigenvalue weighted by Crippen LogP contribution is 2.30. The maximum atomic E-state index is 13.4.